The highest BCUT2D eigenvalue weighted by molar-refractivity contribution is 5.85. The van der Waals surface area contributed by atoms with Crippen LogP contribution < -0.4 is 11.5 Å². The third kappa shape index (κ3) is 3.45. The van der Waals surface area contributed by atoms with Crippen LogP contribution >= 0.6 is 12.4 Å². The lowest BCUT2D eigenvalue weighted by molar-refractivity contribution is 1.21. The van der Waals surface area contributed by atoms with Crippen LogP contribution in [0.25, 0.3) is 0 Å². The number of anilines is 2. The summed E-state index contributed by atoms with van der Waals surface area (Å²) in [7, 11) is 0. The van der Waals surface area contributed by atoms with Gasteiger partial charge in [-0.25, -0.2) is 0 Å². The van der Waals surface area contributed by atoms with Crippen molar-refractivity contribution in [1.29, 1.82) is 0 Å². The molecule has 0 heterocycles. The monoisotopic (exact) mass is 276 g/mol. The Morgan fingerprint density at radius 2 is 1.42 bits per heavy atom. The van der Waals surface area contributed by atoms with E-state index in [0.717, 1.165) is 16.8 Å². The summed E-state index contributed by atoms with van der Waals surface area (Å²) in [5.41, 5.74) is 16.3. The van der Waals surface area contributed by atoms with Crippen molar-refractivity contribution in [2.75, 3.05) is 11.5 Å². The Balaban J connectivity index is 0.00000180. The zero-order valence-electron chi connectivity index (χ0n) is 10.9. The molecule has 0 saturated carbocycles. The van der Waals surface area contributed by atoms with Crippen LogP contribution in [0.15, 0.2) is 46.6 Å². The SMILES string of the molecule is Cc1cc(N=Nc2ccccc2C)c(N)cc1N.Cl. The van der Waals surface area contributed by atoms with E-state index >= 15 is 0 Å². The topological polar surface area (TPSA) is 76.8 Å². The van der Waals surface area contributed by atoms with E-state index in [2.05, 4.69) is 10.2 Å². The normalized spacial score (nSPS) is 10.4. The van der Waals surface area contributed by atoms with Crippen molar-refractivity contribution in [2.45, 2.75) is 13.8 Å². The molecule has 5 heteroatoms. The van der Waals surface area contributed by atoms with Crippen LogP contribution in [-0.2, 0) is 0 Å². The lowest BCUT2D eigenvalue weighted by atomic mass is 10.1. The second kappa shape index (κ2) is 6.20. The number of nitrogen functional groups attached to an aromatic ring is 2. The third-order valence-electron chi connectivity index (χ3n) is 2.80. The first-order valence-electron chi connectivity index (χ1n) is 5.71. The number of hydrogen-bond acceptors (Lipinski definition) is 4. The summed E-state index contributed by atoms with van der Waals surface area (Å²) < 4.78 is 0. The molecule has 0 aromatic heterocycles. The van der Waals surface area contributed by atoms with Gasteiger partial charge in [0, 0.05) is 5.69 Å². The highest BCUT2D eigenvalue weighted by Gasteiger charge is 2.02. The van der Waals surface area contributed by atoms with Crippen LogP contribution in [-0.4, -0.2) is 0 Å². The van der Waals surface area contributed by atoms with Gasteiger partial charge in [0.1, 0.15) is 5.69 Å². The smallest absolute Gasteiger partial charge is 0.109 e. The van der Waals surface area contributed by atoms with Crippen LogP contribution in [0.4, 0.5) is 22.7 Å². The summed E-state index contributed by atoms with van der Waals surface area (Å²) in [5.74, 6) is 0. The number of halogens is 1. The van der Waals surface area contributed by atoms with Crippen molar-refractivity contribution in [2.24, 2.45) is 10.2 Å². The lowest BCUT2D eigenvalue weighted by Crippen LogP contribution is -1.93. The van der Waals surface area contributed by atoms with Crippen LogP contribution in [0.1, 0.15) is 11.1 Å². The Morgan fingerprint density at radius 3 is 2.11 bits per heavy atom. The van der Waals surface area contributed by atoms with Gasteiger partial charge in [0.15, 0.2) is 0 Å². The molecule has 2 rings (SSSR count). The quantitative estimate of drug-likeness (QED) is 0.633. The molecule has 2 aromatic carbocycles. The van der Waals surface area contributed by atoms with E-state index < -0.39 is 0 Å². The molecule has 0 radical (unpaired) electrons. The molecule has 0 unspecified atom stereocenters. The van der Waals surface area contributed by atoms with E-state index in [1.165, 1.54) is 0 Å². The van der Waals surface area contributed by atoms with Gasteiger partial charge in [-0.3, -0.25) is 0 Å². The predicted molar refractivity (Wildman–Crippen MR) is 82.6 cm³/mol. The van der Waals surface area contributed by atoms with Crippen molar-refractivity contribution >= 4 is 35.2 Å². The van der Waals surface area contributed by atoms with Gasteiger partial charge in [-0.1, -0.05) is 18.2 Å². The first-order chi connectivity index (χ1) is 8.58. The van der Waals surface area contributed by atoms with E-state index in [4.69, 9.17) is 11.5 Å². The first kappa shape index (κ1) is 15.0. The number of azo groups is 1. The standard InChI is InChI=1S/C14H16N4.ClH/c1-9-5-3-4-6-13(9)17-18-14-7-10(2)11(15)8-12(14)16;/h3-8H,15-16H2,1-2H3;1H. The molecule has 0 fully saturated rings. The van der Waals surface area contributed by atoms with E-state index in [1.54, 1.807) is 6.07 Å². The number of nitrogens with zero attached hydrogens (tertiary/aromatic N) is 2. The minimum absolute atomic E-state index is 0. The average molecular weight is 277 g/mol. The summed E-state index contributed by atoms with van der Waals surface area (Å²) in [6.07, 6.45) is 0. The number of benzene rings is 2. The van der Waals surface area contributed by atoms with Crippen LogP contribution in [0.5, 0.6) is 0 Å². The number of nitrogens with two attached hydrogens (primary N) is 2. The van der Waals surface area contributed by atoms with Crippen molar-refractivity contribution in [3.8, 4) is 0 Å². The fourth-order valence-corrected chi connectivity index (χ4v) is 1.60. The van der Waals surface area contributed by atoms with Gasteiger partial charge in [0.05, 0.1) is 11.4 Å². The van der Waals surface area contributed by atoms with Crippen molar-refractivity contribution in [1.82, 2.24) is 0 Å². The molecule has 19 heavy (non-hydrogen) atoms. The lowest BCUT2D eigenvalue weighted by Gasteiger charge is -2.04. The molecular formula is C14H17ClN4. The van der Waals surface area contributed by atoms with E-state index in [0.29, 0.717) is 17.1 Å². The Kier molecular flexibility index (Phi) is 4.89. The Hall–Kier alpha value is -2.07. The van der Waals surface area contributed by atoms with Gasteiger partial charge in [-0.2, -0.15) is 5.11 Å². The van der Waals surface area contributed by atoms with E-state index in [9.17, 15) is 0 Å². The number of aryl methyl sites for hydroxylation is 2. The molecule has 0 amide bonds. The fourth-order valence-electron chi connectivity index (χ4n) is 1.60. The molecule has 100 valence electrons. The second-order valence-electron chi connectivity index (χ2n) is 4.25. The number of rotatable bonds is 2. The zero-order chi connectivity index (χ0) is 13.1. The Bertz CT molecular complexity index is 608. The maximum atomic E-state index is 5.86. The molecule has 0 aliphatic heterocycles. The molecule has 0 saturated heterocycles. The predicted octanol–water partition coefficient (Wildman–Crippen LogP) is 4.31. The molecule has 0 atom stereocenters. The molecule has 0 spiro atoms. The van der Waals surface area contributed by atoms with Gasteiger partial charge >= 0.3 is 0 Å². The van der Waals surface area contributed by atoms with E-state index in [1.807, 2.05) is 44.2 Å². The summed E-state index contributed by atoms with van der Waals surface area (Å²) in [4.78, 5) is 0. The molecule has 0 bridgehead atoms. The van der Waals surface area contributed by atoms with Gasteiger partial charge in [0.25, 0.3) is 0 Å². The molecule has 2 aromatic rings. The molecular weight excluding hydrogens is 260 g/mol. The highest BCUT2D eigenvalue weighted by atomic mass is 35.5. The largest absolute Gasteiger partial charge is 0.398 e. The van der Waals surface area contributed by atoms with Crippen LogP contribution in [0.3, 0.4) is 0 Å². The summed E-state index contributed by atoms with van der Waals surface area (Å²) in [6, 6.07) is 11.4. The van der Waals surface area contributed by atoms with Gasteiger partial charge < -0.3 is 11.5 Å². The third-order valence-corrected chi connectivity index (χ3v) is 2.80. The fraction of sp³-hybridized carbons (Fsp3) is 0.143. The van der Waals surface area contributed by atoms with Crippen LogP contribution in [0, 0.1) is 13.8 Å². The maximum Gasteiger partial charge on any atom is 0.109 e. The Morgan fingerprint density at radius 1 is 0.789 bits per heavy atom. The van der Waals surface area contributed by atoms with Crippen molar-refractivity contribution in [3.05, 3.63) is 47.5 Å². The highest BCUT2D eigenvalue weighted by Crippen LogP contribution is 2.29. The summed E-state index contributed by atoms with van der Waals surface area (Å²) in [5, 5.41) is 8.40. The second-order valence-corrected chi connectivity index (χ2v) is 4.25. The maximum absolute atomic E-state index is 5.86. The average Bonchev–Trinajstić information content (AvgIpc) is 2.34. The van der Waals surface area contributed by atoms with Gasteiger partial charge in [-0.15, -0.1) is 17.5 Å². The van der Waals surface area contributed by atoms with Gasteiger partial charge in [-0.05, 0) is 43.2 Å². The summed E-state index contributed by atoms with van der Waals surface area (Å²) in [6.45, 7) is 3.91. The molecule has 0 aliphatic rings. The molecule has 0 aliphatic carbocycles. The van der Waals surface area contributed by atoms with Gasteiger partial charge in [0.2, 0.25) is 0 Å². The van der Waals surface area contributed by atoms with Crippen molar-refractivity contribution < 1.29 is 0 Å². The van der Waals surface area contributed by atoms with E-state index in [-0.39, 0.29) is 12.4 Å². The Labute approximate surface area is 118 Å². The number of hydrogen-bond donors (Lipinski definition) is 2. The van der Waals surface area contributed by atoms with Crippen molar-refractivity contribution in [3.63, 3.8) is 0 Å². The molecule has 4 nitrogen and oxygen atoms in total. The van der Waals surface area contributed by atoms with Crippen LogP contribution in [0.2, 0.25) is 0 Å². The minimum Gasteiger partial charge on any atom is -0.398 e. The first-order valence-corrected chi connectivity index (χ1v) is 5.71. The zero-order valence-corrected chi connectivity index (χ0v) is 11.7. The summed E-state index contributed by atoms with van der Waals surface area (Å²) >= 11 is 0. The minimum atomic E-state index is 0. The molecule has 4 N–H and O–H groups in total.